The second kappa shape index (κ2) is 4.56. The molecule has 0 aromatic rings. The largest absolute Gasteiger partial charge is 0.748 e. The van der Waals surface area contributed by atoms with Gasteiger partial charge in [0.25, 0.3) is 0 Å². The van der Waals surface area contributed by atoms with E-state index in [9.17, 15) is 17.8 Å². The van der Waals surface area contributed by atoms with Crippen molar-refractivity contribution in [2.45, 2.75) is 13.8 Å². The first kappa shape index (κ1) is 13.1. The van der Waals surface area contributed by atoms with Crippen molar-refractivity contribution < 1.29 is 17.8 Å². The highest BCUT2D eigenvalue weighted by Crippen LogP contribution is 2.15. The molecule has 6 heteroatoms. The summed E-state index contributed by atoms with van der Waals surface area (Å²) in [5.74, 6) is -0.890. The second-order valence-electron chi connectivity index (χ2n) is 3.79. The molecule has 0 aromatic carbocycles. The smallest absolute Gasteiger partial charge is 0.243 e. The average Bonchev–Trinajstić information content (AvgIpc) is 1.96. The Labute approximate surface area is 83.9 Å². The second-order valence-corrected chi connectivity index (χ2v) is 5.19. The van der Waals surface area contributed by atoms with Crippen LogP contribution in [0.25, 0.3) is 0 Å². The summed E-state index contributed by atoms with van der Waals surface area (Å²) >= 11 is 0. The fourth-order valence-electron chi connectivity index (χ4n) is 0.928. The van der Waals surface area contributed by atoms with Crippen LogP contribution in [0.4, 0.5) is 0 Å². The summed E-state index contributed by atoms with van der Waals surface area (Å²) in [7, 11) is -4.26. The van der Waals surface area contributed by atoms with Gasteiger partial charge in [0, 0.05) is 12.3 Å². The maximum absolute atomic E-state index is 10.8. The van der Waals surface area contributed by atoms with E-state index in [2.05, 4.69) is 11.9 Å². The van der Waals surface area contributed by atoms with E-state index in [0.717, 1.165) is 6.08 Å². The van der Waals surface area contributed by atoms with Crippen LogP contribution in [0.1, 0.15) is 13.8 Å². The Kier molecular flexibility index (Phi) is 4.28. The first-order valence-electron chi connectivity index (χ1n) is 4.00. The van der Waals surface area contributed by atoms with Crippen molar-refractivity contribution >= 4 is 16.0 Å². The lowest BCUT2D eigenvalue weighted by atomic mass is 9.96. The molecule has 0 aliphatic heterocycles. The fraction of sp³-hybridized carbons (Fsp3) is 0.625. The third kappa shape index (κ3) is 6.62. The number of hydrogen-bond donors (Lipinski definition) is 1. The molecule has 0 atom stereocenters. The molecule has 0 spiro atoms. The van der Waals surface area contributed by atoms with E-state index in [1.165, 1.54) is 0 Å². The van der Waals surface area contributed by atoms with Crippen LogP contribution in [0.3, 0.4) is 0 Å². The zero-order valence-corrected chi connectivity index (χ0v) is 9.06. The van der Waals surface area contributed by atoms with Crippen molar-refractivity contribution in [3.8, 4) is 0 Å². The summed E-state index contributed by atoms with van der Waals surface area (Å²) in [5.41, 5.74) is -0.765. The molecule has 0 radical (unpaired) electrons. The van der Waals surface area contributed by atoms with Gasteiger partial charge in [-0.2, -0.15) is 0 Å². The molecule has 0 aliphatic rings. The van der Waals surface area contributed by atoms with Gasteiger partial charge in [0.2, 0.25) is 5.91 Å². The van der Waals surface area contributed by atoms with Crippen LogP contribution in [0.15, 0.2) is 12.7 Å². The van der Waals surface area contributed by atoms with E-state index in [4.69, 9.17) is 0 Å². The molecule has 0 unspecified atom stereocenters. The molecule has 0 saturated heterocycles. The van der Waals surface area contributed by atoms with Crippen LogP contribution in [0.2, 0.25) is 0 Å². The average molecular weight is 220 g/mol. The molecule has 0 heterocycles. The van der Waals surface area contributed by atoms with E-state index in [-0.39, 0.29) is 12.5 Å². The van der Waals surface area contributed by atoms with Gasteiger partial charge in [-0.3, -0.25) is 4.79 Å². The third-order valence-corrected chi connectivity index (χ3v) is 2.63. The van der Waals surface area contributed by atoms with Gasteiger partial charge in [-0.05, 0) is 11.5 Å². The number of nitrogens with one attached hydrogen (secondary N) is 1. The minimum absolute atomic E-state index is 0.124. The first-order valence-corrected chi connectivity index (χ1v) is 5.58. The molecule has 82 valence electrons. The Morgan fingerprint density at radius 1 is 1.57 bits per heavy atom. The van der Waals surface area contributed by atoms with Gasteiger partial charge in [-0.15, -0.1) is 0 Å². The zero-order valence-electron chi connectivity index (χ0n) is 8.24. The summed E-state index contributed by atoms with van der Waals surface area (Å²) in [5, 5.41) is 2.43. The quantitative estimate of drug-likeness (QED) is 0.516. The van der Waals surface area contributed by atoms with Crippen LogP contribution in [0.5, 0.6) is 0 Å². The van der Waals surface area contributed by atoms with Gasteiger partial charge in [0.15, 0.2) is 0 Å². The van der Waals surface area contributed by atoms with E-state index >= 15 is 0 Å². The van der Waals surface area contributed by atoms with Gasteiger partial charge >= 0.3 is 0 Å². The first-order chi connectivity index (χ1) is 6.16. The maximum atomic E-state index is 10.8. The fourth-order valence-corrected chi connectivity index (χ4v) is 1.99. The highest BCUT2D eigenvalue weighted by Gasteiger charge is 2.21. The highest BCUT2D eigenvalue weighted by molar-refractivity contribution is 7.85. The third-order valence-electron chi connectivity index (χ3n) is 1.49. The minimum Gasteiger partial charge on any atom is -0.748 e. The Morgan fingerprint density at radius 2 is 2.07 bits per heavy atom. The number of carbonyl (C=O) groups excluding carboxylic acids is 1. The van der Waals surface area contributed by atoms with Crippen LogP contribution in [0, 0.1) is 5.41 Å². The van der Waals surface area contributed by atoms with Crippen molar-refractivity contribution in [3.63, 3.8) is 0 Å². The summed E-state index contributed by atoms with van der Waals surface area (Å²) in [6.45, 7) is 6.55. The monoisotopic (exact) mass is 220 g/mol. The van der Waals surface area contributed by atoms with Crippen LogP contribution >= 0.6 is 0 Å². The number of carbonyl (C=O) groups is 1. The lowest BCUT2D eigenvalue weighted by Gasteiger charge is -2.25. The molecule has 0 fully saturated rings. The van der Waals surface area contributed by atoms with Crippen LogP contribution < -0.4 is 5.32 Å². The number of hydrogen-bond acceptors (Lipinski definition) is 4. The van der Waals surface area contributed by atoms with Gasteiger partial charge in [0.1, 0.15) is 0 Å². The zero-order chi connectivity index (χ0) is 11.4. The SMILES string of the molecule is C=CC(=O)NCC(C)(C)CS(=O)(=O)[O-]. The molecule has 14 heavy (non-hydrogen) atoms. The Morgan fingerprint density at radius 3 is 2.43 bits per heavy atom. The molecular weight excluding hydrogens is 206 g/mol. The minimum atomic E-state index is -4.26. The van der Waals surface area contributed by atoms with Crippen LogP contribution in [-0.4, -0.2) is 31.2 Å². The van der Waals surface area contributed by atoms with Gasteiger partial charge in [-0.25, -0.2) is 8.42 Å². The molecular formula is C8H14NO4S-. The summed E-state index contributed by atoms with van der Waals surface area (Å²) in [6.07, 6.45) is 1.09. The predicted molar refractivity (Wildman–Crippen MR) is 51.6 cm³/mol. The van der Waals surface area contributed by atoms with E-state index < -0.39 is 21.3 Å². The van der Waals surface area contributed by atoms with Crippen LogP contribution in [-0.2, 0) is 14.9 Å². The Hall–Kier alpha value is -0.880. The van der Waals surface area contributed by atoms with Crippen molar-refractivity contribution in [2.24, 2.45) is 5.41 Å². The van der Waals surface area contributed by atoms with Gasteiger partial charge in [-0.1, -0.05) is 20.4 Å². The predicted octanol–water partition coefficient (Wildman–Crippen LogP) is -0.140. The molecule has 1 N–H and O–H groups in total. The highest BCUT2D eigenvalue weighted by atomic mass is 32.2. The summed E-state index contributed by atoms with van der Waals surface area (Å²) in [4.78, 5) is 10.8. The number of rotatable bonds is 5. The summed E-state index contributed by atoms with van der Waals surface area (Å²) < 4.78 is 31.4. The Balaban J connectivity index is 4.21. The van der Waals surface area contributed by atoms with Gasteiger partial charge < -0.3 is 9.87 Å². The standard InChI is InChI=1S/C8H15NO4S/c1-4-7(10)9-5-8(2,3)6-14(11,12)13/h4H,1,5-6H2,2-3H3,(H,9,10)(H,11,12,13)/p-1. The van der Waals surface area contributed by atoms with Crippen molar-refractivity contribution in [3.05, 3.63) is 12.7 Å². The molecule has 0 rings (SSSR count). The lowest BCUT2D eigenvalue weighted by molar-refractivity contribution is -0.116. The molecule has 0 saturated carbocycles. The molecule has 5 nitrogen and oxygen atoms in total. The van der Waals surface area contributed by atoms with E-state index in [1.54, 1.807) is 13.8 Å². The summed E-state index contributed by atoms with van der Waals surface area (Å²) in [6, 6.07) is 0. The maximum Gasteiger partial charge on any atom is 0.243 e. The molecule has 1 amide bonds. The lowest BCUT2D eigenvalue weighted by Crippen LogP contribution is -2.37. The molecule has 0 bridgehead atoms. The van der Waals surface area contributed by atoms with Crippen molar-refractivity contribution in [2.75, 3.05) is 12.3 Å². The molecule has 0 aliphatic carbocycles. The van der Waals surface area contributed by atoms with Gasteiger partial charge in [0.05, 0.1) is 10.1 Å². The normalized spacial score (nSPS) is 12.2. The topological polar surface area (TPSA) is 86.3 Å². The van der Waals surface area contributed by atoms with E-state index in [0.29, 0.717) is 0 Å². The van der Waals surface area contributed by atoms with E-state index in [1.807, 2.05) is 0 Å². The number of amides is 1. The Bertz CT molecular complexity index is 318. The molecule has 0 aromatic heterocycles. The van der Waals surface area contributed by atoms with Crippen molar-refractivity contribution in [1.29, 1.82) is 0 Å². The van der Waals surface area contributed by atoms with Crippen molar-refractivity contribution in [1.82, 2.24) is 5.32 Å².